The number of fused-ring (bicyclic) bond motifs is 1. The molecule has 2 aromatic heterocycles. The third kappa shape index (κ3) is 4.47. The van der Waals surface area contributed by atoms with E-state index in [4.69, 9.17) is 11.6 Å². The summed E-state index contributed by atoms with van der Waals surface area (Å²) >= 11 is 7.64. The monoisotopic (exact) mass is 437 g/mol. The van der Waals surface area contributed by atoms with Crippen LogP contribution in [0.15, 0.2) is 60.0 Å². The number of benzene rings is 2. The van der Waals surface area contributed by atoms with Crippen LogP contribution in [-0.2, 0) is 11.3 Å². The molecule has 0 unspecified atom stereocenters. The summed E-state index contributed by atoms with van der Waals surface area (Å²) in [4.78, 5) is 21.2. The quantitative estimate of drug-likeness (QED) is 0.344. The second-order valence-electron chi connectivity index (χ2n) is 6.98. The number of thioether (sulfide) groups is 1. The normalized spacial score (nSPS) is 11.0. The van der Waals surface area contributed by atoms with Crippen molar-refractivity contribution in [1.82, 2.24) is 19.7 Å². The molecule has 0 atom stereocenters. The van der Waals surface area contributed by atoms with Gasteiger partial charge in [-0.25, -0.2) is 14.6 Å². The van der Waals surface area contributed by atoms with Crippen molar-refractivity contribution in [3.05, 3.63) is 76.7 Å². The van der Waals surface area contributed by atoms with E-state index < -0.39 is 0 Å². The van der Waals surface area contributed by atoms with Gasteiger partial charge in [-0.05, 0) is 36.6 Å². The largest absolute Gasteiger partial charge is 0.324 e. The van der Waals surface area contributed by atoms with E-state index in [1.807, 2.05) is 61.0 Å². The maximum atomic E-state index is 12.5. The maximum Gasteiger partial charge on any atom is 0.234 e. The van der Waals surface area contributed by atoms with E-state index in [1.165, 1.54) is 18.1 Å². The highest BCUT2D eigenvalue weighted by atomic mass is 35.5. The molecule has 0 spiro atoms. The van der Waals surface area contributed by atoms with Crippen molar-refractivity contribution in [3.63, 3.8) is 0 Å². The van der Waals surface area contributed by atoms with Crippen LogP contribution in [0.1, 0.15) is 16.7 Å². The molecule has 0 aliphatic carbocycles. The fourth-order valence-corrected chi connectivity index (χ4v) is 4.37. The fraction of sp³-hybridized carbons (Fsp3) is 0.182. The third-order valence-corrected chi connectivity index (χ3v) is 5.91. The van der Waals surface area contributed by atoms with Crippen molar-refractivity contribution >= 4 is 46.0 Å². The predicted molar refractivity (Wildman–Crippen MR) is 121 cm³/mol. The van der Waals surface area contributed by atoms with Gasteiger partial charge in [0.15, 0.2) is 5.65 Å². The van der Waals surface area contributed by atoms with Gasteiger partial charge in [-0.15, -0.1) is 0 Å². The second kappa shape index (κ2) is 8.85. The van der Waals surface area contributed by atoms with Crippen LogP contribution < -0.4 is 5.32 Å². The van der Waals surface area contributed by atoms with Gasteiger partial charge in [0, 0.05) is 0 Å². The Morgan fingerprint density at radius 3 is 2.73 bits per heavy atom. The molecule has 8 heteroatoms. The highest BCUT2D eigenvalue weighted by molar-refractivity contribution is 8.00. The van der Waals surface area contributed by atoms with Crippen LogP contribution in [0.2, 0.25) is 5.02 Å². The molecule has 0 fully saturated rings. The Balaban J connectivity index is 1.47. The number of amides is 1. The van der Waals surface area contributed by atoms with Gasteiger partial charge in [0.25, 0.3) is 0 Å². The van der Waals surface area contributed by atoms with E-state index in [9.17, 15) is 4.79 Å². The van der Waals surface area contributed by atoms with Gasteiger partial charge >= 0.3 is 0 Å². The van der Waals surface area contributed by atoms with Crippen LogP contribution in [0.5, 0.6) is 0 Å². The highest BCUT2D eigenvalue weighted by Gasteiger charge is 2.14. The molecule has 2 heterocycles. The topological polar surface area (TPSA) is 72.7 Å². The molecule has 30 heavy (non-hydrogen) atoms. The number of hydrogen-bond acceptors (Lipinski definition) is 5. The Bertz CT molecular complexity index is 1190. The van der Waals surface area contributed by atoms with Crippen LogP contribution in [0.25, 0.3) is 11.0 Å². The van der Waals surface area contributed by atoms with Gasteiger partial charge in [0.1, 0.15) is 11.4 Å². The molecule has 0 aliphatic heterocycles. The van der Waals surface area contributed by atoms with E-state index in [0.717, 1.165) is 32.7 Å². The lowest BCUT2D eigenvalue weighted by atomic mass is 10.1. The van der Waals surface area contributed by atoms with Crippen molar-refractivity contribution in [2.75, 3.05) is 11.1 Å². The number of aryl methyl sites for hydroxylation is 2. The number of carbonyl (C=O) groups excluding carboxylic acids is 1. The van der Waals surface area contributed by atoms with Gasteiger partial charge in [0.05, 0.1) is 34.6 Å². The molecule has 2 aromatic carbocycles. The molecule has 0 saturated heterocycles. The van der Waals surface area contributed by atoms with Crippen molar-refractivity contribution < 1.29 is 4.79 Å². The van der Waals surface area contributed by atoms with Gasteiger partial charge < -0.3 is 5.32 Å². The van der Waals surface area contributed by atoms with Gasteiger partial charge in [-0.3, -0.25) is 4.79 Å². The number of halogens is 1. The summed E-state index contributed by atoms with van der Waals surface area (Å²) < 4.78 is 1.84. The lowest BCUT2D eigenvalue weighted by Gasteiger charge is -2.11. The Morgan fingerprint density at radius 2 is 1.97 bits per heavy atom. The summed E-state index contributed by atoms with van der Waals surface area (Å²) in [6, 6.07) is 13.9. The Morgan fingerprint density at radius 1 is 1.17 bits per heavy atom. The number of rotatable bonds is 6. The average Bonchev–Trinajstić information content (AvgIpc) is 3.13. The van der Waals surface area contributed by atoms with E-state index in [2.05, 4.69) is 20.4 Å². The minimum Gasteiger partial charge on any atom is -0.324 e. The zero-order valence-electron chi connectivity index (χ0n) is 16.6. The van der Waals surface area contributed by atoms with Crippen LogP contribution in [0.4, 0.5) is 5.69 Å². The van der Waals surface area contributed by atoms with Gasteiger partial charge in [0.2, 0.25) is 5.91 Å². The molecule has 152 valence electrons. The minimum absolute atomic E-state index is 0.141. The van der Waals surface area contributed by atoms with Crippen molar-refractivity contribution in [2.45, 2.75) is 25.4 Å². The Labute approximate surface area is 183 Å². The predicted octanol–water partition coefficient (Wildman–Crippen LogP) is 4.88. The molecular formula is C22H20ClN5OS. The van der Waals surface area contributed by atoms with E-state index in [-0.39, 0.29) is 11.7 Å². The average molecular weight is 438 g/mol. The first kappa shape index (κ1) is 20.4. The van der Waals surface area contributed by atoms with E-state index >= 15 is 0 Å². The molecule has 6 nitrogen and oxygen atoms in total. The first-order valence-electron chi connectivity index (χ1n) is 9.41. The lowest BCUT2D eigenvalue weighted by molar-refractivity contribution is -0.113. The summed E-state index contributed by atoms with van der Waals surface area (Å²) in [6.45, 7) is 4.52. The Kier molecular flexibility index (Phi) is 6.01. The zero-order chi connectivity index (χ0) is 21.1. The van der Waals surface area contributed by atoms with E-state index in [1.54, 1.807) is 6.20 Å². The number of aromatic nitrogens is 4. The standard InChI is InChI=1S/C22H20ClN5OS/c1-14-8-15(2)20(18(23)9-14)27-19(29)12-30-22-17-10-26-28(21(17)24-13-25-22)11-16-6-4-3-5-7-16/h3-10,13H,11-12H2,1-2H3,(H,27,29). The number of anilines is 1. The number of nitrogens with one attached hydrogen (secondary N) is 1. The summed E-state index contributed by atoms with van der Waals surface area (Å²) in [5.74, 6) is 0.0666. The molecule has 4 aromatic rings. The lowest BCUT2D eigenvalue weighted by Crippen LogP contribution is -2.15. The second-order valence-corrected chi connectivity index (χ2v) is 8.35. The van der Waals surface area contributed by atoms with Crippen LogP contribution in [-0.4, -0.2) is 31.4 Å². The van der Waals surface area contributed by atoms with Crippen LogP contribution in [0, 0.1) is 13.8 Å². The van der Waals surface area contributed by atoms with Gasteiger partial charge in [-0.2, -0.15) is 5.10 Å². The molecule has 0 aliphatic rings. The summed E-state index contributed by atoms with van der Waals surface area (Å²) in [7, 11) is 0. The third-order valence-electron chi connectivity index (χ3n) is 4.61. The fourth-order valence-electron chi connectivity index (χ4n) is 3.24. The number of hydrogen-bond donors (Lipinski definition) is 1. The highest BCUT2D eigenvalue weighted by Crippen LogP contribution is 2.29. The first-order valence-corrected chi connectivity index (χ1v) is 10.8. The molecule has 0 radical (unpaired) electrons. The minimum atomic E-state index is -0.141. The molecule has 1 N–H and O–H groups in total. The zero-order valence-corrected chi connectivity index (χ0v) is 18.2. The molecule has 0 bridgehead atoms. The SMILES string of the molecule is Cc1cc(C)c(NC(=O)CSc2ncnc3c2cnn3Cc2ccccc2)c(Cl)c1. The smallest absolute Gasteiger partial charge is 0.234 e. The van der Waals surface area contributed by atoms with E-state index in [0.29, 0.717) is 17.3 Å². The number of nitrogens with zero attached hydrogens (tertiary/aromatic N) is 4. The first-order chi connectivity index (χ1) is 14.5. The summed E-state index contributed by atoms with van der Waals surface area (Å²) in [5.41, 5.74) is 4.52. The summed E-state index contributed by atoms with van der Waals surface area (Å²) in [6.07, 6.45) is 3.26. The summed E-state index contributed by atoms with van der Waals surface area (Å²) in [5, 5.41) is 9.46. The van der Waals surface area contributed by atoms with Crippen molar-refractivity contribution in [1.29, 1.82) is 0 Å². The number of carbonyl (C=O) groups is 1. The van der Waals surface area contributed by atoms with Crippen molar-refractivity contribution in [2.24, 2.45) is 0 Å². The van der Waals surface area contributed by atoms with Crippen molar-refractivity contribution in [3.8, 4) is 0 Å². The van der Waals surface area contributed by atoms with Gasteiger partial charge in [-0.1, -0.05) is 59.8 Å². The molecular weight excluding hydrogens is 418 g/mol. The molecule has 0 saturated carbocycles. The van der Waals surface area contributed by atoms with Crippen LogP contribution >= 0.6 is 23.4 Å². The molecule has 4 rings (SSSR count). The molecule has 1 amide bonds. The Hall–Kier alpha value is -2.90. The van der Waals surface area contributed by atoms with Crippen LogP contribution in [0.3, 0.4) is 0 Å². The maximum absolute atomic E-state index is 12.5.